The lowest BCUT2D eigenvalue weighted by molar-refractivity contribution is 0.175. The van der Waals surface area contributed by atoms with Crippen molar-refractivity contribution >= 4 is 0 Å². The van der Waals surface area contributed by atoms with Crippen LogP contribution in [-0.4, -0.2) is 73.5 Å². The molecule has 5 nitrogen and oxygen atoms in total. The van der Waals surface area contributed by atoms with Gasteiger partial charge >= 0.3 is 0 Å². The van der Waals surface area contributed by atoms with Gasteiger partial charge in [-0.25, -0.2) is 0 Å². The average Bonchev–Trinajstić information content (AvgIpc) is 3.52. The Morgan fingerprint density at radius 1 is 0.829 bits per heavy atom. The van der Waals surface area contributed by atoms with E-state index in [9.17, 15) is 5.11 Å². The van der Waals surface area contributed by atoms with Crippen LogP contribution in [0.15, 0.2) is 36.4 Å². The molecule has 0 bridgehead atoms. The van der Waals surface area contributed by atoms with E-state index in [-0.39, 0.29) is 6.10 Å². The molecule has 2 heterocycles. The number of ether oxygens (including phenoxy) is 2. The lowest BCUT2D eigenvalue weighted by Gasteiger charge is -2.17. The molecule has 1 unspecified atom stereocenters. The maximum absolute atomic E-state index is 9.64. The third-order valence-corrected chi connectivity index (χ3v) is 7.48. The Morgan fingerprint density at radius 2 is 1.63 bits per heavy atom. The number of aliphatic hydroxyl groups is 1. The second-order valence-corrected chi connectivity index (χ2v) is 10.3. The van der Waals surface area contributed by atoms with E-state index in [1.807, 2.05) is 0 Å². The van der Waals surface area contributed by atoms with Crippen molar-refractivity contribution in [2.45, 2.75) is 64.9 Å². The Morgan fingerprint density at radius 3 is 2.40 bits per heavy atom. The Balaban J connectivity index is 1.23. The fourth-order valence-electron chi connectivity index (χ4n) is 5.39. The van der Waals surface area contributed by atoms with Gasteiger partial charge in [0.25, 0.3) is 0 Å². The van der Waals surface area contributed by atoms with Crippen molar-refractivity contribution in [1.82, 2.24) is 9.80 Å². The SMILES string of the molecule is Cc1cc(OCCCN2CCCC2)ccc1-c1cccc(OCCCCCN2CCC(O)C2)c1C. The van der Waals surface area contributed by atoms with Crippen LogP contribution in [0.4, 0.5) is 0 Å². The van der Waals surface area contributed by atoms with E-state index in [0.717, 1.165) is 76.6 Å². The maximum Gasteiger partial charge on any atom is 0.122 e. The number of hydrogen-bond donors (Lipinski definition) is 1. The molecule has 0 aromatic heterocycles. The lowest BCUT2D eigenvalue weighted by Crippen LogP contribution is -2.23. The first-order valence-electron chi connectivity index (χ1n) is 13.7. The van der Waals surface area contributed by atoms with E-state index >= 15 is 0 Å². The van der Waals surface area contributed by atoms with Crippen molar-refractivity contribution in [1.29, 1.82) is 0 Å². The summed E-state index contributed by atoms with van der Waals surface area (Å²) in [5.74, 6) is 1.94. The summed E-state index contributed by atoms with van der Waals surface area (Å²) in [6, 6.07) is 12.8. The van der Waals surface area contributed by atoms with Crippen molar-refractivity contribution in [3.63, 3.8) is 0 Å². The fraction of sp³-hybridized carbons (Fsp3) is 0.600. The third kappa shape index (κ3) is 7.70. The molecule has 35 heavy (non-hydrogen) atoms. The molecule has 2 fully saturated rings. The Bertz CT molecular complexity index is 926. The molecule has 0 radical (unpaired) electrons. The number of likely N-dealkylation sites (tertiary alicyclic amines) is 2. The van der Waals surface area contributed by atoms with E-state index in [1.54, 1.807) is 0 Å². The minimum absolute atomic E-state index is 0.120. The molecule has 2 aliphatic heterocycles. The smallest absolute Gasteiger partial charge is 0.122 e. The van der Waals surface area contributed by atoms with Crippen LogP contribution in [0.1, 0.15) is 56.1 Å². The van der Waals surface area contributed by atoms with E-state index in [2.05, 4.69) is 60.0 Å². The van der Waals surface area contributed by atoms with Gasteiger partial charge in [-0.1, -0.05) is 18.2 Å². The number of rotatable bonds is 13. The maximum atomic E-state index is 9.64. The number of benzene rings is 2. The molecule has 0 amide bonds. The normalized spacial score (nSPS) is 18.9. The molecule has 2 saturated heterocycles. The predicted octanol–water partition coefficient (Wildman–Crippen LogP) is 5.45. The topological polar surface area (TPSA) is 45.2 Å². The highest BCUT2D eigenvalue weighted by Crippen LogP contribution is 2.33. The van der Waals surface area contributed by atoms with Gasteiger partial charge in [-0.05, 0) is 119 Å². The minimum atomic E-state index is -0.120. The van der Waals surface area contributed by atoms with Gasteiger partial charge in [-0.3, -0.25) is 0 Å². The Kier molecular flexibility index (Phi) is 9.87. The van der Waals surface area contributed by atoms with Crippen molar-refractivity contribution in [2.24, 2.45) is 0 Å². The van der Waals surface area contributed by atoms with E-state index in [0.29, 0.717) is 0 Å². The summed E-state index contributed by atoms with van der Waals surface area (Å²) >= 11 is 0. The molecule has 192 valence electrons. The average molecular weight is 481 g/mol. The molecule has 0 saturated carbocycles. The Hall–Kier alpha value is -2.08. The molecule has 4 rings (SSSR count). The van der Waals surface area contributed by atoms with Crippen LogP contribution in [0.2, 0.25) is 0 Å². The molecule has 1 atom stereocenters. The first-order valence-corrected chi connectivity index (χ1v) is 13.7. The van der Waals surface area contributed by atoms with Crippen molar-refractivity contribution < 1.29 is 14.6 Å². The zero-order valence-electron chi connectivity index (χ0n) is 21.8. The molecule has 2 aromatic carbocycles. The number of aryl methyl sites for hydroxylation is 1. The zero-order valence-corrected chi connectivity index (χ0v) is 21.8. The van der Waals surface area contributed by atoms with Crippen LogP contribution in [0.3, 0.4) is 0 Å². The van der Waals surface area contributed by atoms with Gasteiger partial charge in [0.05, 0.1) is 19.3 Å². The van der Waals surface area contributed by atoms with Crippen molar-refractivity contribution in [3.8, 4) is 22.6 Å². The highest BCUT2D eigenvalue weighted by molar-refractivity contribution is 5.73. The second kappa shape index (κ2) is 13.3. The minimum Gasteiger partial charge on any atom is -0.494 e. The second-order valence-electron chi connectivity index (χ2n) is 10.3. The summed E-state index contributed by atoms with van der Waals surface area (Å²) in [5.41, 5.74) is 4.90. The zero-order chi connectivity index (χ0) is 24.5. The number of unbranched alkanes of at least 4 members (excludes halogenated alkanes) is 2. The summed E-state index contributed by atoms with van der Waals surface area (Å²) in [6.07, 6.45) is 7.96. The van der Waals surface area contributed by atoms with Gasteiger partial charge in [0.2, 0.25) is 0 Å². The largest absolute Gasteiger partial charge is 0.494 e. The summed E-state index contributed by atoms with van der Waals surface area (Å²) < 4.78 is 12.2. The van der Waals surface area contributed by atoms with Crippen LogP contribution >= 0.6 is 0 Å². The molecule has 2 aromatic rings. The van der Waals surface area contributed by atoms with Crippen molar-refractivity contribution in [2.75, 3.05) is 52.5 Å². The number of nitrogens with zero attached hydrogens (tertiary/aromatic N) is 2. The third-order valence-electron chi connectivity index (χ3n) is 7.48. The van der Waals surface area contributed by atoms with Gasteiger partial charge in [0.15, 0.2) is 0 Å². The molecule has 5 heteroatoms. The molecule has 1 N–H and O–H groups in total. The Labute approximate surface area is 212 Å². The highest BCUT2D eigenvalue weighted by atomic mass is 16.5. The first kappa shape index (κ1) is 26.0. The first-order chi connectivity index (χ1) is 17.1. The molecule has 0 spiro atoms. The predicted molar refractivity (Wildman–Crippen MR) is 144 cm³/mol. The summed E-state index contributed by atoms with van der Waals surface area (Å²) in [6.45, 7) is 12.5. The highest BCUT2D eigenvalue weighted by Gasteiger charge is 2.19. The summed E-state index contributed by atoms with van der Waals surface area (Å²) in [5, 5.41) is 9.64. The molecular weight excluding hydrogens is 436 g/mol. The van der Waals surface area contributed by atoms with Gasteiger partial charge in [-0.2, -0.15) is 0 Å². The van der Waals surface area contributed by atoms with Crippen LogP contribution in [0.25, 0.3) is 11.1 Å². The number of β-amino-alcohol motifs (C(OH)–C–C–N with tert-alkyl or cyclic N) is 1. The molecular formula is C30H44N2O3. The molecule has 0 aliphatic carbocycles. The van der Waals surface area contributed by atoms with Gasteiger partial charge in [0.1, 0.15) is 11.5 Å². The van der Waals surface area contributed by atoms with Crippen LogP contribution in [0, 0.1) is 13.8 Å². The van der Waals surface area contributed by atoms with Crippen LogP contribution in [0.5, 0.6) is 11.5 Å². The van der Waals surface area contributed by atoms with E-state index in [1.165, 1.54) is 54.6 Å². The monoisotopic (exact) mass is 480 g/mol. The van der Waals surface area contributed by atoms with Crippen LogP contribution in [-0.2, 0) is 0 Å². The lowest BCUT2D eigenvalue weighted by atomic mass is 9.96. The quantitative estimate of drug-likeness (QED) is 0.386. The summed E-state index contributed by atoms with van der Waals surface area (Å²) in [4.78, 5) is 4.91. The van der Waals surface area contributed by atoms with E-state index in [4.69, 9.17) is 9.47 Å². The van der Waals surface area contributed by atoms with Crippen molar-refractivity contribution in [3.05, 3.63) is 47.5 Å². The fourth-order valence-corrected chi connectivity index (χ4v) is 5.39. The number of hydrogen-bond acceptors (Lipinski definition) is 5. The van der Waals surface area contributed by atoms with E-state index < -0.39 is 0 Å². The van der Waals surface area contributed by atoms with Crippen LogP contribution < -0.4 is 9.47 Å². The standard InChI is InChI=1S/C30H44N2O3/c1-24-22-27(34-21-9-18-31-15-5-6-16-31)12-13-28(24)29-10-8-11-30(25(29)2)35-20-7-3-4-17-32-19-14-26(33)23-32/h8,10-13,22,26,33H,3-7,9,14-21,23H2,1-2H3. The molecule has 2 aliphatic rings. The van der Waals surface area contributed by atoms with Gasteiger partial charge in [0, 0.05) is 19.6 Å². The number of aliphatic hydroxyl groups excluding tert-OH is 1. The van der Waals surface area contributed by atoms with Gasteiger partial charge in [-0.15, -0.1) is 0 Å². The van der Waals surface area contributed by atoms with Gasteiger partial charge < -0.3 is 24.4 Å². The summed E-state index contributed by atoms with van der Waals surface area (Å²) in [7, 11) is 0.